The predicted molar refractivity (Wildman–Crippen MR) is 196 cm³/mol. The number of carboxylic acid groups (broad SMARTS) is 1. The minimum Gasteiger partial charge on any atom is -0.479 e. The molecule has 18 heteroatoms. The van der Waals surface area contributed by atoms with E-state index in [9.17, 15) is 55.2 Å². The Balaban J connectivity index is 1.86. The molecule has 9 N–H and O–H groups in total. The van der Waals surface area contributed by atoms with Crippen LogP contribution in [0.25, 0.3) is 0 Å². The maximum atomic E-state index is 12.6. The van der Waals surface area contributed by atoms with E-state index in [4.69, 9.17) is 33.5 Å². The van der Waals surface area contributed by atoms with Gasteiger partial charge >= 0.3 is 17.9 Å². The van der Waals surface area contributed by atoms with Gasteiger partial charge in [-0.2, -0.15) is 0 Å². The number of carbonyl (C=O) groups excluding carboxylic acids is 2. The lowest BCUT2D eigenvalue weighted by atomic mass is 9.96. The predicted octanol–water partition coefficient (Wildman–Crippen LogP) is 0.568. The Hall–Kier alpha value is -2.07. The van der Waals surface area contributed by atoms with E-state index in [-0.39, 0.29) is 13.0 Å². The van der Waals surface area contributed by atoms with Crippen molar-refractivity contribution in [2.45, 2.75) is 203 Å². The number of esters is 2. The van der Waals surface area contributed by atoms with Crippen molar-refractivity contribution < 1.29 is 88.8 Å². The van der Waals surface area contributed by atoms with Crippen LogP contribution in [0, 0.1) is 0 Å². The zero-order valence-corrected chi connectivity index (χ0v) is 32.8. The fourth-order valence-electron chi connectivity index (χ4n) is 6.67. The van der Waals surface area contributed by atoms with Gasteiger partial charge in [0.2, 0.25) is 0 Å². The summed E-state index contributed by atoms with van der Waals surface area (Å²) < 4.78 is 33.2. The Labute approximate surface area is 329 Å². The number of hydrogen-bond acceptors (Lipinski definition) is 17. The molecule has 0 spiro atoms. The largest absolute Gasteiger partial charge is 0.479 e. The van der Waals surface area contributed by atoms with E-state index in [2.05, 4.69) is 0 Å². The molecule has 0 aromatic carbocycles. The lowest BCUT2D eigenvalue weighted by Crippen LogP contribution is -2.65. The summed E-state index contributed by atoms with van der Waals surface area (Å²) in [5, 5.41) is 92.4. The van der Waals surface area contributed by atoms with Crippen molar-refractivity contribution in [3.8, 4) is 0 Å². The summed E-state index contributed by atoms with van der Waals surface area (Å²) in [7, 11) is 0. The number of carbonyl (C=O) groups is 3. The number of aliphatic hydroxyl groups is 8. The Kier molecular flexibility index (Phi) is 24.7. The number of aliphatic hydroxyl groups excluding tert-OH is 8. The molecular weight excluding hydrogens is 744 g/mol. The van der Waals surface area contributed by atoms with Crippen LogP contribution in [0.1, 0.15) is 123 Å². The van der Waals surface area contributed by atoms with E-state index < -0.39 is 117 Å². The molecular formula is C38H68O18. The van der Waals surface area contributed by atoms with Crippen LogP contribution in [0.3, 0.4) is 0 Å². The molecule has 0 unspecified atom stereocenters. The number of hydrogen-bond donors (Lipinski definition) is 9. The van der Waals surface area contributed by atoms with E-state index in [1.165, 1.54) is 0 Å². The monoisotopic (exact) mass is 812 g/mol. The van der Waals surface area contributed by atoms with Crippen LogP contribution in [0.2, 0.25) is 0 Å². The zero-order valence-electron chi connectivity index (χ0n) is 32.8. The van der Waals surface area contributed by atoms with Crippen molar-refractivity contribution in [2.75, 3.05) is 19.8 Å². The summed E-state index contributed by atoms with van der Waals surface area (Å²) in [6.45, 7) is 1.61. The van der Waals surface area contributed by atoms with Crippen LogP contribution in [0.15, 0.2) is 0 Å². The summed E-state index contributed by atoms with van der Waals surface area (Å²) in [5.74, 6) is -2.81. The third kappa shape index (κ3) is 18.2. The van der Waals surface area contributed by atoms with Gasteiger partial charge in [-0.1, -0.05) is 90.4 Å². The van der Waals surface area contributed by atoms with Gasteiger partial charge in [0.1, 0.15) is 49.3 Å². The molecule has 2 rings (SSSR count). The molecule has 0 aromatic heterocycles. The molecule has 0 saturated carbocycles. The lowest BCUT2D eigenvalue weighted by molar-refractivity contribution is -0.360. The number of aliphatic carboxylic acids is 1. The minimum absolute atomic E-state index is 0.245. The summed E-state index contributed by atoms with van der Waals surface area (Å²) in [4.78, 5) is 34.9. The van der Waals surface area contributed by atoms with Crippen LogP contribution in [0.5, 0.6) is 0 Å². The highest BCUT2D eigenvalue weighted by Crippen LogP contribution is 2.31. The number of ether oxygens (including phenoxy) is 6. The molecule has 0 amide bonds. The highest BCUT2D eigenvalue weighted by molar-refractivity contribution is 5.71. The molecule has 0 bridgehead atoms. The van der Waals surface area contributed by atoms with Gasteiger partial charge in [0.05, 0.1) is 31.8 Å². The van der Waals surface area contributed by atoms with Crippen LogP contribution < -0.4 is 0 Å². The molecule has 18 nitrogen and oxygen atoms in total. The van der Waals surface area contributed by atoms with Gasteiger partial charge in [-0.25, -0.2) is 4.79 Å². The van der Waals surface area contributed by atoms with Crippen molar-refractivity contribution in [3.05, 3.63) is 0 Å². The van der Waals surface area contributed by atoms with E-state index in [0.29, 0.717) is 25.7 Å². The normalized spacial score (nSPS) is 29.7. The van der Waals surface area contributed by atoms with E-state index in [1.807, 2.05) is 6.92 Å². The van der Waals surface area contributed by atoms with Gasteiger partial charge in [-0.15, -0.1) is 0 Å². The molecule has 328 valence electrons. The Morgan fingerprint density at radius 2 is 1.21 bits per heavy atom. The third-order valence-corrected chi connectivity index (χ3v) is 10.0. The summed E-state index contributed by atoms with van der Waals surface area (Å²) in [5.41, 5.74) is 0. The number of unbranched alkanes of at least 4 members (excludes halogenated alkanes) is 11. The Bertz CT molecular complexity index is 1100. The smallest absolute Gasteiger partial charge is 0.332 e. The zero-order chi connectivity index (χ0) is 41.6. The average Bonchev–Trinajstić information content (AvgIpc) is 3.15. The van der Waals surface area contributed by atoms with Gasteiger partial charge in [0.15, 0.2) is 24.8 Å². The van der Waals surface area contributed by atoms with E-state index in [1.54, 1.807) is 0 Å². The average molecular weight is 813 g/mol. The van der Waals surface area contributed by atoms with Gasteiger partial charge in [0.25, 0.3) is 0 Å². The second kappa shape index (κ2) is 27.6. The molecule has 2 heterocycles. The third-order valence-electron chi connectivity index (χ3n) is 10.0. The van der Waals surface area contributed by atoms with Crippen LogP contribution in [0.4, 0.5) is 0 Å². The fourth-order valence-corrected chi connectivity index (χ4v) is 6.67. The van der Waals surface area contributed by atoms with Gasteiger partial charge in [0, 0.05) is 6.92 Å². The number of carboxylic acids is 1. The quantitative estimate of drug-likeness (QED) is 0.0369. The molecule has 2 aliphatic heterocycles. The summed E-state index contributed by atoms with van der Waals surface area (Å²) >= 11 is 0. The van der Waals surface area contributed by atoms with Crippen molar-refractivity contribution >= 4 is 17.9 Å². The number of rotatable bonds is 29. The van der Waals surface area contributed by atoms with Crippen molar-refractivity contribution in [1.82, 2.24) is 0 Å². The van der Waals surface area contributed by atoms with Crippen LogP contribution in [-0.2, 0) is 42.8 Å². The van der Waals surface area contributed by atoms with Crippen LogP contribution >= 0.6 is 0 Å². The molecule has 13 atom stereocenters. The molecule has 2 saturated heterocycles. The Morgan fingerprint density at radius 1 is 0.661 bits per heavy atom. The summed E-state index contributed by atoms with van der Waals surface area (Å²) in [6, 6.07) is 0. The maximum Gasteiger partial charge on any atom is 0.332 e. The van der Waals surface area contributed by atoms with Crippen LogP contribution in [-0.4, -0.2) is 163 Å². The summed E-state index contributed by atoms with van der Waals surface area (Å²) in [6.07, 6.45) is -7.02. The highest BCUT2D eigenvalue weighted by Gasteiger charge is 2.52. The first-order chi connectivity index (χ1) is 26.7. The fraction of sp³-hybridized carbons (Fsp3) is 0.921. The van der Waals surface area contributed by atoms with Crippen molar-refractivity contribution in [2.24, 2.45) is 0 Å². The van der Waals surface area contributed by atoms with Crippen molar-refractivity contribution in [3.63, 3.8) is 0 Å². The van der Waals surface area contributed by atoms with E-state index in [0.717, 1.165) is 77.6 Å². The second-order valence-electron chi connectivity index (χ2n) is 14.9. The molecule has 0 radical (unpaired) electrons. The molecule has 0 aliphatic carbocycles. The first-order valence-corrected chi connectivity index (χ1v) is 20.2. The first kappa shape index (κ1) is 50.1. The topological polar surface area (TPSA) is 289 Å². The molecule has 2 aliphatic rings. The van der Waals surface area contributed by atoms with Crippen molar-refractivity contribution in [1.29, 1.82) is 0 Å². The Morgan fingerprint density at radius 3 is 1.79 bits per heavy atom. The first-order valence-electron chi connectivity index (χ1n) is 20.2. The van der Waals surface area contributed by atoms with Gasteiger partial charge in [-0.05, 0) is 19.3 Å². The standard InChI is InChI=1S/C38H68O18/c1-3-4-13-16-24(41)19-29(44)55-35-30(45)27(20-39)53-38(33(35)48)56-34-28(22-51-23(2)40)54-37(32(47)31(34)46)52-21-25(42)17-14-11-9-7-5-6-8-10-12-15-18-26(43)36(49)50/h24-28,30-35,37-39,41-43,45-48H,3-22H2,1-2H3,(H,49,50)/t24-,25+,26-,27+,28+,30+,31+,32+,33+,34+,35-,37+,38-/m0/s1. The molecule has 0 aromatic rings. The van der Waals surface area contributed by atoms with E-state index >= 15 is 0 Å². The lowest BCUT2D eigenvalue weighted by Gasteiger charge is -2.46. The second-order valence-corrected chi connectivity index (χ2v) is 14.9. The minimum atomic E-state index is -1.87. The SMILES string of the molecule is CCCCC[C@H](O)CC(=O)O[C@@H]1[C@@H](O)[C@H](O[C@H]2[C@H](O)[C@@H](O)[C@H](OC[C@H](O)CCCCCCCCCCCC[C@H](O)C(=O)O)O[C@@H]2COC(C)=O)O[C@H](CO)[C@H]1O. The van der Waals surface area contributed by atoms with Gasteiger partial charge in [-0.3, -0.25) is 9.59 Å². The van der Waals surface area contributed by atoms with Gasteiger partial charge < -0.3 is 74.4 Å². The molecule has 2 fully saturated rings. The molecule has 56 heavy (non-hydrogen) atoms. The maximum absolute atomic E-state index is 12.6. The highest BCUT2D eigenvalue weighted by atomic mass is 16.7.